The SMILES string of the molecule is CC(C)CC(CNC(=O)c1ccc(F)cc1)(C(C)C)C(OC(=O)c1ccc(F)cc1)C(C)(C)C. The third-order valence-electron chi connectivity index (χ3n) is 6.24. The van der Waals surface area contributed by atoms with Crippen molar-refractivity contribution in [3.63, 3.8) is 0 Å². The van der Waals surface area contributed by atoms with Crippen LogP contribution in [0.15, 0.2) is 48.5 Å². The number of hydrogen-bond donors (Lipinski definition) is 1. The molecule has 186 valence electrons. The molecule has 2 aromatic carbocycles. The number of amides is 1. The summed E-state index contributed by atoms with van der Waals surface area (Å²) in [7, 11) is 0. The van der Waals surface area contributed by atoms with E-state index < -0.39 is 34.5 Å². The Morgan fingerprint density at radius 3 is 1.74 bits per heavy atom. The topological polar surface area (TPSA) is 55.4 Å². The van der Waals surface area contributed by atoms with Crippen molar-refractivity contribution in [2.45, 2.75) is 61.0 Å². The summed E-state index contributed by atoms with van der Waals surface area (Å²) in [5, 5.41) is 3.02. The van der Waals surface area contributed by atoms with Crippen LogP contribution in [0.25, 0.3) is 0 Å². The molecular weight excluding hydrogens is 436 g/mol. The van der Waals surface area contributed by atoms with Crippen molar-refractivity contribution in [2.75, 3.05) is 6.54 Å². The lowest BCUT2D eigenvalue weighted by Gasteiger charge is -2.49. The van der Waals surface area contributed by atoms with Gasteiger partial charge in [-0.2, -0.15) is 0 Å². The molecule has 0 bridgehead atoms. The van der Waals surface area contributed by atoms with Crippen LogP contribution in [-0.2, 0) is 4.74 Å². The minimum absolute atomic E-state index is 0.0497. The minimum atomic E-state index is -0.586. The number of esters is 1. The molecule has 0 spiro atoms. The van der Waals surface area contributed by atoms with Gasteiger partial charge in [-0.1, -0.05) is 48.5 Å². The predicted octanol–water partition coefficient (Wildman–Crippen LogP) is 6.65. The van der Waals surface area contributed by atoms with E-state index in [1.54, 1.807) is 0 Å². The lowest BCUT2D eigenvalue weighted by atomic mass is 9.61. The summed E-state index contributed by atoms with van der Waals surface area (Å²) in [4.78, 5) is 26.0. The van der Waals surface area contributed by atoms with Gasteiger partial charge in [0.05, 0.1) is 5.56 Å². The Morgan fingerprint density at radius 1 is 0.853 bits per heavy atom. The molecule has 6 heteroatoms. The maximum Gasteiger partial charge on any atom is 0.338 e. The maximum absolute atomic E-state index is 13.4. The van der Waals surface area contributed by atoms with Gasteiger partial charge in [-0.15, -0.1) is 0 Å². The molecule has 0 saturated carbocycles. The van der Waals surface area contributed by atoms with Gasteiger partial charge in [-0.25, -0.2) is 13.6 Å². The summed E-state index contributed by atoms with van der Waals surface area (Å²) < 4.78 is 32.8. The third kappa shape index (κ3) is 6.87. The minimum Gasteiger partial charge on any atom is -0.458 e. The zero-order valence-electron chi connectivity index (χ0n) is 21.2. The average molecular weight is 474 g/mol. The molecule has 2 unspecified atom stereocenters. The summed E-state index contributed by atoms with van der Waals surface area (Å²) in [6.07, 6.45) is 0.154. The van der Waals surface area contributed by atoms with Crippen molar-refractivity contribution in [2.24, 2.45) is 22.7 Å². The molecule has 0 saturated heterocycles. The molecule has 0 fully saturated rings. The van der Waals surface area contributed by atoms with Crippen LogP contribution >= 0.6 is 0 Å². The molecular formula is C28H37F2NO3. The Bertz CT molecular complexity index is 963. The highest BCUT2D eigenvalue weighted by atomic mass is 19.1. The van der Waals surface area contributed by atoms with E-state index in [-0.39, 0.29) is 29.9 Å². The highest BCUT2D eigenvalue weighted by Crippen LogP contribution is 2.46. The zero-order chi connectivity index (χ0) is 25.7. The van der Waals surface area contributed by atoms with Gasteiger partial charge >= 0.3 is 5.97 Å². The van der Waals surface area contributed by atoms with Gasteiger partial charge in [0.25, 0.3) is 5.91 Å². The van der Waals surface area contributed by atoms with E-state index in [0.29, 0.717) is 12.0 Å². The van der Waals surface area contributed by atoms with E-state index in [1.807, 2.05) is 20.8 Å². The number of nitrogens with one attached hydrogen (secondary N) is 1. The first kappa shape index (κ1) is 27.5. The summed E-state index contributed by atoms with van der Waals surface area (Å²) in [6.45, 7) is 14.6. The molecule has 34 heavy (non-hydrogen) atoms. The van der Waals surface area contributed by atoms with E-state index in [0.717, 1.165) is 0 Å². The smallest absolute Gasteiger partial charge is 0.338 e. The van der Waals surface area contributed by atoms with E-state index in [2.05, 4.69) is 33.0 Å². The van der Waals surface area contributed by atoms with Gasteiger partial charge < -0.3 is 10.1 Å². The highest BCUT2D eigenvalue weighted by molar-refractivity contribution is 5.94. The first-order chi connectivity index (χ1) is 15.8. The van der Waals surface area contributed by atoms with Gasteiger partial charge in [0, 0.05) is 17.5 Å². The Hall–Kier alpha value is -2.76. The zero-order valence-corrected chi connectivity index (χ0v) is 21.2. The van der Waals surface area contributed by atoms with Crippen LogP contribution in [0, 0.1) is 34.3 Å². The summed E-state index contributed by atoms with van der Waals surface area (Å²) in [5.41, 5.74) is -0.403. The highest BCUT2D eigenvalue weighted by Gasteiger charge is 2.50. The molecule has 0 aliphatic heterocycles. The van der Waals surface area contributed by atoms with Crippen molar-refractivity contribution < 1.29 is 23.1 Å². The van der Waals surface area contributed by atoms with Crippen molar-refractivity contribution in [3.8, 4) is 0 Å². The molecule has 0 aromatic heterocycles. The Kier molecular flexibility index (Phi) is 8.98. The molecule has 1 N–H and O–H groups in total. The second kappa shape index (κ2) is 11.1. The summed E-state index contributed by atoms with van der Waals surface area (Å²) in [5.74, 6) is -1.37. The number of rotatable bonds is 9. The molecule has 0 aliphatic carbocycles. The standard InChI is InChI=1S/C28H37F2NO3/c1-18(2)16-28(19(3)4,17-31-24(32)20-8-12-22(29)13-9-20)26(27(5,6)7)34-25(33)21-10-14-23(30)15-11-21/h8-15,18-19,26H,16-17H2,1-7H3,(H,31,32). The largest absolute Gasteiger partial charge is 0.458 e. The second-order valence-corrected chi connectivity index (χ2v) is 10.8. The second-order valence-electron chi connectivity index (χ2n) is 10.8. The van der Waals surface area contributed by atoms with E-state index in [1.165, 1.54) is 48.5 Å². The summed E-state index contributed by atoms with van der Waals surface area (Å²) in [6, 6.07) is 10.7. The quantitative estimate of drug-likeness (QED) is 0.415. The van der Waals surface area contributed by atoms with Gasteiger partial charge in [-0.3, -0.25) is 4.79 Å². The van der Waals surface area contributed by atoms with Crippen LogP contribution in [0.2, 0.25) is 0 Å². The van der Waals surface area contributed by atoms with Gasteiger partial charge in [0.1, 0.15) is 17.7 Å². The molecule has 1 amide bonds. The Morgan fingerprint density at radius 2 is 1.32 bits per heavy atom. The fourth-order valence-corrected chi connectivity index (χ4v) is 4.64. The van der Waals surface area contributed by atoms with Crippen LogP contribution in [0.3, 0.4) is 0 Å². The molecule has 0 aliphatic rings. The van der Waals surface area contributed by atoms with Gasteiger partial charge in [0.15, 0.2) is 0 Å². The molecule has 2 atom stereocenters. The van der Waals surface area contributed by atoms with Crippen molar-refractivity contribution >= 4 is 11.9 Å². The van der Waals surface area contributed by atoms with Crippen LogP contribution in [0.5, 0.6) is 0 Å². The predicted molar refractivity (Wildman–Crippen MR) is 131 cm³/mol. The van der Waals surface area contributed by atoms with Gasteiger partial charge in [-0.05, 0) is 72.2 Å². The van der Waals surface area contributed by atoms with Crippen molar-refractivity contribution in [1.29, 1.82) is 0 Å². The van der Waals surface area contributed by atoms with Crippen LogP contribution in [0.4, 0.5) is 8.78 Å². The molecule has 0 radical (unpaired) electrons. The number of ether oxygens (including phenoxy) is 1. The molecule has 2 aromatic rings. The first-order valence-electron chi connectivity index (χ1n) is 11.8. The van der Waals surface area contributed by atoms with E-state index in [4.69, 9.17) is 4.74 Å². The molecule has 2 rings (SSSR count). The average Bonchev–Trinajstić information content (AvgIpc) is 2.74. The number of halogens is 2. The normalized spacial score (nSPS) is 14.6. The lowest BCUT2D eigenvalue weighted by molar-refractivity contribution is -0.0967. The fraction of sp³-hybridized carbons (Fsp3) is 0.500. The van der Waals surface area contributed by atoms with Crippen molar-refractivity contribution in [3.05, 3.63) is 71.3 Å². The Labute approximate surface area is 202 Å². The Balaban J connectivity index is 2.43. The maximum atomic E-state index is 13.4. The fourth-order valence-electron chi connectivity index (χ4n) is 4.64. The van der Waals surface area contributed by atoms with E-state index >= 15 is 0 Å². The summed E-state index contributed by atoms with van der Waals surface area (Å²) >= 11 is 0. The third-order valence-corrected chi connectivity index (χ3v) is 6.24. The number of carbonyl (C=O) groups excluding carboxylic acids is 2. The number of carbonyl (C=O) groups is 2. The number of benzene rings is 2. The van der Waals surface area contributed by atoms with Crippen LogP contribution in [0.1, 0.15) is 75.6 Å². The lowest BCUT2D eigenvalue weighted by Crippen LogP contribution is -2.55. The monoisotopic (exact) mass is 473 g/mol. The first-order valence-corrected chi connectivity index (χ1v) is 11.8. The molecule has 4 nitrogen and oxygen atoms in total. The van der Waals surface area contributed by atoms with Gasteiger partial charge in [0.2, 0.25) is 0 Å². The van der Waals surface area contributed by atoms with Crippen LogP contribution in [-0.4, -0.2) is 24.5 Å². The number of hydrogen-bond acceptors (Lipinski definition) is 3. The molecule has 0 heterocycles. The van der Waals surface area contributed by atoms with E-state index in [9.17, 15) is 18.4 Å². The van der Waals surface area contributed by atoms with Crippen LogP contribution < -0.4 is 5.32 Å². The van der Waals surface area contributed by atoms with Crippen molar-refractivity contribution in [1.82, 2.24) is 5.32 Å².